The van der Waals surface area contributed by atoms with Crippen molar-refractivity contribution < 1.29 is 9.59 Å². The third kappa shape index (κ3) is 2.98. The number of aromatic nitrogens is 1. The highest BCUT2D eigenvalue weighted by molar-refractivity contribution is 6.01. The van der Waals surface area contributed by atoms with Gasteiger partial charge in [-0.05, 0) is 42.5 Å². The number of unbranched alkanes of at least 4 members (excludes halogenated alkanes) is 1. The summed E-state index contributed by atoms with van der Waals surface area (Å²) in [5.41, 5.74) is 4.52. The Morgan fingerprint density at radius 1 is 1.06 bits per heavy atom. The second-order valence-corrected chi connectivity index (χ2v) is 9.26. The average Bonchev–Trinajstić information content (AvgIpc) is 3.21. The van der Waals surface area contributed by atoms with E-state index >= 15 is 0 Å². The van der Waals surface area contributed by atoms with Gasteiger partial charge in [0.1, 0.15) is 0 Å². The number of para-hydroxylation sites is 1. The first-order valence-corrected chi connectivity index (χ1v) is 11.8. The van der Waals surface area contributed by atoms with Crippen molar-refractivity contribution in [2.24, 2.45) is 0 Å². The predicted octanol–water partition coefficient (Wildman–Crippen LogP) is 4.56. The molecule has 2 aliphatic rings. The van der Waals surface area contributed by atoms with Crippen LogP contribution >= 0.6 is 0 Å². The van der Waals surface area contributed by atoms with Gasteiger partial charge in [-0.15, -0.1) is 0 Å². The highest BCUT2D eigenvalue weighted by Crippen LogP contribution is 2.48. The molecule has 1 N–H and O–H groups in total. The number of amides is 2. The van der Waals surface area contributed by atoms with Crippen LogP contribution < -0.4 is 0 Å². The van der Waals surface area contributed by atoms with Crippen LogP contribution in [0.3, 0.4) is 0 Å². The first-order valence-electron chi connectivity index (χ1n) is 11.8. The number of rotatable bonds is 5. The third-order valence-electron chi connectivity index (χ3n) is 7.39. The van der Waals surface area contributed by atoms with E-state index in [1.165, 1.54) is 11.1 Å². The Balaban J connectivity index is 1.70. The summed E-state index contributed by atoms with van der Waals surface area (Å²) in [6.07, 6.45) is 2.89. The molecule has 1 fully saturated rings. The summed E-state index contributed by atoms with van der Waals surface area (Å²) in [5.74, 6) is 0.0832. The summed E-state index contributed by atoms with van der Waals surface area (Å²) in [7, 11) is 0. The zero-order chi connectivity index (χ0) is 22.5. The molecule has 166 valence electrons. The summed E-state index contributed by atoms with van der Waals surface area (Å²) in [6.45, 7) is 7.50. The Labute approximate surface area is 189 Å². The molecule has 0 bridgehead atoms. The van der Waals surface area contributed by atoms with E-state index in [4.69, 9.17) is 0 Å². The number of aromatic amines is 1. The summed E-state index contributed by atoms with van der Waals surface area (Å²) >= 11 is 0. The number of piperazine rings is 1. The molecule has 2 amide bonds. The first-order chi connectivity index (χ1) is 15.5. The van der Waals surface area contributed by atoms with Gasteiger partial charge in [0, 0.05) is 29.9 Å². The van der Waals surface area contributed by atoms with Gasteiger partial charge in [-0.25, -0.2) is 0 Å². The second kappa shape index (κ2) is 7.80. The van der Waals surface area contributed by atoms with Gasteiger partial charge in [0.05, 0.1) is 12.2 Å². The predicted molar refractivity (Wildman–Crippen MR) is 127 cm³/mol. The molecule has 32 heavy (non-hydrogen) atoms. The molecule has 2 aliphatic heterocycles. The van der Waals surface area contributed by atoms with Gasteiger partial charge in [0.2, 0.25) is 5.91 Å². The molecular formula is C27H31N3O2. The van der Waals surface area contributed by atoms with Gasteiger partial charge in [-0.2, -0.15) is 0 Å². The summed E-state index contributed by atoms with van der Waals surface area (Å²) in [6, 6.07) is 17.0. The summed E-state index contributed by atoms with van der Waals surface area (Å²) in [5, 5.41) is 1.14. The largest absolute Gasteiger partial charge is 0.356 e. The minimum absolute atomic E-state index is 0.0261. The molecule has 0 aliphatic carbocycles. The zero-order valence-electron chi connectivity index (χ0n) is 19.1. The van der Waals surface area contributed by atoms with Crippen molar-refractivity contribution in [3.63, 3.8) is 0 Å². The van der Waals surface area contributed by atoms with E-state index in [-0.39, 0.29) is 24.3 Å². The third-order valence-corrected chi connectivity index (χ3v) is 7.39. The maximum atomic E-state index is 13.8. The Morgan fingerprint density at radius 2 is 1.81 bits per heavy atom. The van der Waals surface area contributed by atoms with Crippen molar-refractivity contribution in [2.75, 3.05) is 19.6 Å². The van der Waals surface area contributed by atoms with E-state index in [9.17, 15) is 9.59 Å². The van der Waals surface area contributed by atoms with Crippen molar-refractivity contribution in [3.8, 4) is 0 Å². The van der Waals surface area contributed by atoms with Crippen molar-refractivity contribution in [1.29, 1.82) is 0 Å². The number of benzene rings is 2. The van der Waals surface area contributed by atoms with Crippen LogP contribution in [0.1, 0.15) is 61.9 Å². The smallest absolute Gasteiger partial charge is 0.254 e. The highest BCUT2D eigenvalue weighted by Gasteiger charge is 2.56. The van der Waals surface area contributed by atoms with E-state index in [1.807, 2.05) is 24.0 Å². The van der Waals surface area contributed by atoms with Crippen molar-refractivity contribution in [3.05, 3.63) is 70.9 Å². The second-order valence-electron chi connectivity index (χ2n) is 9.26. The average molecular weight is 430 g/mol. The van der Waals surface area contributed by atoms with Gasteiger partial charge < -0.3 is 14.8 Å². The minimum Gasteiger partial charge on any atom is -0.356 e. The normalized spacial score (nSPS) is 22.9. The van der Waals surface area contributed by atoms with Gasteiger partial charge in [-0.1, -0.05) is 62.7 Å². The topological polar surface area (TPSA) is 56.4 Å². The Kier molecular flexibility index (Phi) is 5.07. The molecule has 2 atom stereocenters. The zero-order valence-corrected chi connectivity index (χ0v) is 19.1. The number of hydrogen-bond donors (Lipinski definition) is 1. The van der Waals surface area contributed by atoms with E-state index in [0.717, 1.165) is 41.4 Å². The SMILES string of the molecule is CCCCN1CC(=O)N2CC(c3ccc(CC)cc3)c3c([nH]c4ccccc34)C2(C)C1=O. The van der Waals surface area contributed by atoms with E-state index in [1.54, 1.807) is 4.90 Å². The minimum atomic E-state index is -1.00. The quantitative estimate of drug-likeness (QED) is 0.646. The molecule has 1 aromatic heterocycles. The first kappa shape index (κ1) is 20.8. The lowest BCUT2D eigenvalue weighted by atomic mass is 9.76. The van der Waals surface area contributed by atoms with E-state index in [0.29, 0.717) is 13.1 Å². The highest BCUT2D eigenvalue weighted by atomic mass is 16.2. The van der Waals surface area contributed by atoms with Crippen LogP contribution in [0.15, 0.2) is 48.5 Å². The number of hydrogen-bond acceptors (Lipinski definition) is 2. The fraction of sp³-hybridized carbons (Fsp3) is 0.407. The van der Waals surface area contributed by atoms with Gasteiger partial charge in [0.25, 0.3) is 5.91 Å². The van der Waals surface area contributed by atoms with Crippen molar-refractivity contribution >= 4 is 22.7 Å². The van der Waals surface area contributed by atoms with Crippen LogP contribution in [0.25, 0.3) is 10.9 Å². The van der Waals surface area contributed by atoms with Gasteiger partial charge >= 0.3 is 0 Å². The van der Waals surface area contributed by atoms with Crippen molar-refractivity contribution in [2.45, 2.75) is 51.5 Å². The molecule has 0 radical (unpaired) electrons. The Bertz CT molecular complexity index is 1180. The summed E-state index contributed by atoms with van der Waals surface area (Å²) in [4.78, 5) is 34.3. The fourth-order valence-electron chi connectivity index (χ4n) is 5.49. The van der Waals surface area contributed by atoms with E-state index < -0.39 is 5.54 Å². The van der Waals surface area contributed by atoms with Crippen molar-refractivity contribution in [1.82, 2.24) is 14.8 Å². The van der Waals surface area contributed by atoms with Gasteiger partial charge in [-0.3, -0.25) is 9.59 Å². The van der Waals surface area contributed by atoms with Crippen LogP contribution in [0.4, 0.5) is 0 Å². The molecule has 5 nitrogen and oxygen atoms in total. The molecular weight excluding hydrogens is 398 g/mol. The Hall–Kier alpha value is -3.08. The number of carbonyl (C=O) groups excluding carboxylic acids is 2. The molecule has 1 saturated heterocycles. The van der Waals surface area contributed by atoms with Crippen LogP contribution in [0.5, 0.6) is 0 Å². The molecule has 5 rings (SSSR count). The number of nitrogens with one attached hydrogen (secondary N) is 1. The lowest BCUT2D eigenvalue weighted by molar-refractivity contribution is -0.166. The molecule has 2 aromatic carbocycles. The van der Waals surface area contributed by atoms with Crippen LogP contribution in [0, 0.1) is 0 Å². The maximum absolute atomic E-state index is 13.8. The molecule has 3 aromatic rings. The molecule has 0 spiro atoms. The number of fused-ring (bicyclic) bond motifs is 5. The van der Waals surface area contributed by atoms with Crippen LogP contribution in [0.2, 0.25) is 0 Å². The van der Waals surface area contributed by atoms with Crippen LogP contribution in [-0.2, 0) is 21.5 Å². The lowest BCUT2D eigenvalue weighted by Crippen LogP contribution is -2.67. The number of nitrogens with zero attached hydrogens (tertiary/aromatic N) is 2. The number of aryl methyl sites for hydroxylation is 1. The molecule has 0 saturated carbocycles. The number of H-pyrrole nitrogens is 1. The van der Waals surface area contributed by atoms with Gasteiger partial charge in [0.15, 0.2) is 5.54 Å². The summed E-state index contributed by atoms with van der Waals surface area (Å²) < 4.78 is 0. The maximum Gasteiger partial charge on any atom is 0.254 e. The molecule has 3 heterocycles. The Morgan fingerprint density at radius 3 is 2.53 bits per heavy atom. The fourth-order valence-corrected chi connectivity index (χ4v) is 5.49. The monoisotopic (exact) mass is 429 g/mol. The van der Waals surface area contributed by atoms with Crippen LogP contribution in [-0.4, -0.2) is 46.2 Å². The molecule has 2 unspecified atom stereocenters. The molecule has 5 heteroatoms. The van der Waals surface area contributed by atoms with E-state index in [2.05, 4.69) is 55.2 Å². The number of carbonyl (C=O) groups is 2. The lowest BCUT2D eigenvalue weighted by Gasteiger charge is -2.51. The standard InChI is InChI=1S/C27H31N3O2/c1-4-6-15-29-17-23(31)30-16-21(19-13-11-18(5-2)12-14-19)24-20-9-7-8-10-22(20)28-25(24)27(30,3)26(29)32/h7-14,21,28H,4-6,15-17H2,1-3H3.